The van der Waals surface area contributed by atoms with Crippen molar-refractivity contribution in [1.82, 2.24) is 0 Å². The maximum atomic E-state index is 9.21. The van der Waals surface area contributed by atoms with Gasteiger partial charge in [0.05, 0.1) is 19.6 Å². The molecule has 0 saturated carbocycles. The molecular weight excluding hydrogens is 184 g/mol. The highest BCUT2D eigenvalue weighted by atomic mass is 16.8. The first-order valence-electron chi connectivity index (χ1n) is 4.89. The monoisotopic (exact) mass is 204 g/mol. The van der Waals surface area contributed by atoms with Crippen molar-refractivity contribution in [1.29, 1.82) is 0 Å². The third kappa shape index (κ3) is 8.19. The second kappa shape index (κ2) is 7.94. The molecule has 4 heteroatoms. The van der Waals surface area contributed by atoms with Gasteiger partial charge in [-0.3, -0.25) is 0 Å². The molecule has 0 rings (SSSR count). The first kappa shape index (κ1) is 13.6. The molecule has 0 aromatic heterocycles. The second-order valence-electron chi connectivity index (χ2n) is 3.06. The van der Waals surface area contributed by atoms with Crippen LogP contribution < -0.4 is 0 Å². The molecule has 4 nitrogen and oxygen atoms in total. The van der Waals surface area contributed by atoms with Gasteiger partial charge in [0.25, 0.3) is 5.97 Å². The molecule has 0 bridgehead atoms. The van der Waals surface area contributed by atoms with E-state index in [9.17, 15) is 10.2 Å². The first-order chi connectivity index (χ1) is 6.62. The normalized spacial score (nSPS) is 11.6. The molecule has 0 aliphatic heterocycles. The van der Waals surface area contributed by atoms with E-state index in [0.717, 1.165) is 12.8 Å². The van der Waals surface area contributed by atoms with Crippen LogP contribution in [-0.4, -0.2) is 36.0 Å². The lowest BCUT2D eigenvalue weighted by atomic mass is 10.3. The Bertz CT molecular complexity index is 145. The Kier molecular flexibility index (Phi) is 7.70. The minimum Gasteiger partial charge on any atom is -0.381 e. The minimum atomic E-state index is -2.10. The molecule has 0 aromatic rings. The summed E-state index contributed by atoms with van der Waals surface area (Å²) in [6, 6.07) is 0. The lowest BCUT2D eigenvalue weighted by molar-refractivity contribution is -0.339. The molecule has 0 saturated heterocycles. The van der Waals surface area contributed by atoms with Gasteiger partial charge in [0.15, 0.2) is 0 Å². The van der Waals surface area contributed by atoms with Crippen molar-refractivity contribution < 1.29 is 19.7 Å². The topological polar surface area (TPSA) is 58.9 Å². The van der Waals surface area contributed by atoms with Crippen LogP contribution in [0.2, 0.25) is 0 Å². The van der Waals surface area contributed by atoms with E-state index in [1.807, 2.05) is 0 Å². The third-order valence-electron chi connectivity index (χ3n) is 1.65. The molecular formula is C10H20O4. The first-order valence-corrected chi connectivity index (χ1v) is 4.89. The number of aliphatic hydroxyl groups is 2. The SMILES string of the molecule is C=CCOC(O)(O)CCOCCCC. The van der Waals surface area contributed by atoms with Crippen LogP contribution in [0.5, 0.6) is 0 Å². The average Bonchev–Trinajstić information content (AvgIpc) is 2.15. The Morgan fingerprint density at radius 3 is 2.64 bits per heavy atom. The molecule has 84 valence electrons. The molecule has 0 fully saturated rings. The predicted molar refractivity (Wildman–Crippen MR) is 53.7 cm³/mol. The minimum absolute atomic E-state index is 0.0462. The molecule has 2 N–H and O–H groups in total. The molecule has 14 heavy (non-hydrogen) atoms. The lowest BCUT2D eigenvalue weighted by Gasteiger charge is -2.20. The van der Waals surface area contributed by atoms with Crippen LogP contribution in [0.3, 0.4) is 0 Å². The van der Waals surface area contributed by atoms with Crippen LogP contribution in [0.25, 0.3) is 0 Å². The largest absolute Gasteiger partial charge is 0.381 e. The van der Waals surface area contributed by atoms with Crippen LogP contribution >= 0.6 is 0 Å². The van der Waals surface area contributed by atoms with Gasteiger partial charge in [-0.2, -0.15) is 0 Å². The van der Waals surface area contributed by atoms with Gasteiger partial charge in [0, 0.05) is 6.61 Å². The summed E-state index contributed by atoms with van der Waals surface area (Å²) in [4.78, 5) is 0. The molecule has 0 heterocycles. The van der Waals surface area contributed by atoms with E-state index in [1.54, 1.807) is 0 Å². The smallest absolute Gasteiger partial charge is 0.280 e. The van der Waals surface area contributed by atoms with Crippen LogP contribution in [-0.2, 0) is 9.47 Å². The molecule has 0 amide bonds. The molecule has 0 aromatic carbocycles. The highest BCUT2D eigenvalue weighted by Crippen LogP contribution is 2.07. The standard InChI is InChI=1S/C10H20O4/c1-3-5-8-13-9-6-10(11,12)14-7-4-2/h4,11-12H,2-3,5-9H2,1H3. The molecule has 0 unspecified atom stereocenters. The number of rotatable bonds is 9. The van der Waals surface area contributed by atoms with Crippen molar-refractivity contribution in [3.8, 4) is 0 Å². The summed E-state index contributed by atoms with van der Waals surface area (Å²) in [5.74, 6) is -2.10. The third-order valence-corrected chi connectivity index (χ3v) is 1.65. The van der Waals surface area contributed by atoms with E-state index in [4.69, 9.17) is 9.47 Å². The summed E-state index contributed by atoms with van der Waals surface area (Å²) in [5, 5.41) is 18.4. The molecule has 0 aliphatic carbocycles. The van der Waals surface area contributed by atoms with Crippen molar-refractivity contribution in [3.05, 3.63) is 12.7 Å². The van der Waals surface area contributed by atoms with Gasteiger partial charge in [-0.15, -0.1) is 6.58 Å². The fraction of sp³-hybridized carbons (Fsp3) is 0.800. The van der Waals surface area contributed by atoms with Crippen LogP contribution in [0.4, 0.5) is 0 Å². The summed E-state index contributed by atoms with van der Waals surface area (Å²) < 4.78 is 9.86. The Hall–Kier alpha value is -0.420. The van der Waals surface area contributed by atoms with Gasteiger partial charge in [-0.1, -0.05) is 19.4 Å². The number of ether oxygens (including phenoxy) is 2. The van der Waals surface area contributed by atoms with E-state index in [-0.39, 0.29) is 19.6 Å². The highest BCUT2D eigenvalue weighted by Gasteiger charge is 2.22. The molecule has 0 spiro atoms. The van der Waals surface area contributed by atoms with E-state index < -0.39 is 5.97 Å². The van der Waals surface area contributed by atoms with E-state index in [0.29, 0.717) is 6.61 Å². The van der Waals surface area contributed by atoms with Gasteiger partial charge in [-0.05, 0) is 6.42 Å². The van der Waals surface area contributed by atoms with Crippen molar-refractivity contribution in [3.63, 3.8) is 0 Å². The second-order valence-corrected chi connectivity index (χ2v) is 3.06. The Labute approximate surface area is 85.1 Å². The summed E-state index contributed by atoms with van der Waals surface area (Å²) in [6.45, 7) is 6.52. The number of hydrogen-bond donors (Lipinski definition) is 2. The van der Waals surface area contributed by atoms with Crippen LogP contribution in [0.1, 0.15) is 26.2 Å². The van der Waals surface area contributed by atoms with Gasteiger partial charge < -0.3 is 19.7 Å². The van der Waals surface area contributed by atoms with Gasteiger partial charge in [0.1, 0.15) is 0 Å². The maximum absolute atomic E-state index is 9.21. The fourth-order valence-electron chi connectivity index (χ4n) is 0.818. The van der Waals surface area contributed by atoms with Crippen LogP contribution in [0.15, 0.2) is 12.7 Å². The quantitative estimate of drug-likeness (QED) is 0.334. The van der Waals surface area contributed by atoms with Crippen LogP contribution in [0, 0.1) is 0 Å². The van der Waals surface area contributed by atoms with Crippen molar-refractivity contribution in [2.45, 2.75) is 32.2 Å². The van der Waals surface area contributed by atoms with Gasteiger partial charge in [0.2, 0.25) is 0 Å². The highest BCUT2D eigenvalue weighted by molar-refractivity contribution is 4.65. The fourth-order valence-corrected chi connectivity index (χ4v) is 0.818. The Morgan fingerprint density at radius 2 is 2.07 bits per heavy atom. The number of unbranched alkanes of at least 4 members (excludes halogenated alkanes) is 1. The lowest BCUT2D eigenvalue weighted by Crippen LogP contribution is -2.33. The van der Waals surface area contributed by atoms with Crippen molar-refractivity contribution >= 4 is 0 Å². The molecule has 0 radical (unpaired) electrons. The summed E-state index contributed by atoms with van der Waals surface area (Å²) in [7, 11) is 0. The zero-order valence-corrected chi connectivity index (χ0v) is 8.74. The summed E-state index contributed by atoms with van der Waals surface area (Å²) in [6.07, 6.45) is 3.55. The van der Waals surface area contributed by atoms with Gasteiger partial charge in [-0.25, -0.2) is 0 Å². The zero-order valence-electron chi connectivity index (χ0n) is 8.74. The summed E-state index contributed by atoms with van der Waals surface area (Å²) in [5.41, 5.74) is 0. The van der Waals surface area contributed by atoms with Crippen molar-refractivity contribution in [2.75, 3.05) is 19.8 Å². The van der Waals surface area contributed by atoms with E-state index >= 15 is 0 Å². The Morgan fingerprint density at radius 1 is 1.36 bits per heavy atom. The zero-order chi connectivity index (χ0) is 10.9. The Balaban J connectivity index is 3.39. The number of hydrogen-bond acceptors (Lipinski definition) is 4. The molecule has 0 aliphatic rings. The van der Waals surface area contributed by atoms with Crippen molar-refractivity contribution in [2.24, 2.45) is 0 Å². The van der Waals surface area contributed by atoms with E-state index in [2.05, 4.69) is 13.5 Å². The average molecular weight is 204 g/mol. The van der Waals surface area contributed by atoms with Gasteiger partial charge >= 0.3 is 0 Å². The van der Waals surface area contributed by atoms with E-state index in [1.165, 1.54) is 6.08 Å². The predicted octanol–water partition coefficient (Wildman–Crippen LogP) is 1.03. The summed E-state index contributed by atoms with van der Waals surface area (Å²) >= 11 is 0. The molecule has 0 atom stereocenters. The maximum Gasteiger partial charge on any atom is 0.280 e.